The van der Waals surface area contributed by atoms with E-state index in [9.17, 15) is 8.78 Å². The van der Waals surface area contributed by atoms with E-state index in [0.717, 1.165) is 24.8 Å². The maximum Gasteiger partial charge on any atom is 0.162 e. The third-order valence-electron chi connectivity index (χ3n) is 3.30. The van der Waals surface area contributed by atoms with Crippen molar-refractivity contribution in [3.8, 4) is 0 Å². The average molecular weight is 210 g/mol. The van der Waals surface area contributed by atoms with Gasteiger partial charge in [0.15, 0.2) is 11.6 Å². The molecule has 1 saturated carbocycles. The van der Waals surface area contributed by atoms with Gasteiger partial charge in [-0.15, -0.1) is 0 Å². The van der Waals surface area contributed by atoms with Gasteiger partial charge in [-0.3, -0.25) is 0 Å². The van der Waals surface area contributed by atoms with Crippen LogP contribution in [-0.2, 0) is 0 Å². The van der Waals surface area contributed by atoms with Crippen molar-refractivity contribution in [3.05, 3.63) is 34.9 Å². The van der Waals surface area contributed by atoms with Crippen molar-refractivity contribution >= 4 is 0 Å². The number of benzene rings is 1. The number of halogens is 2. The summed E-state index contributed by atoms with van der Waals surface area (Å²) in [6, 6.07) is 2.98. The largest absolute Gasteiger partial charge is 0.204 e. The fourth-order valence-electron chi connectivity index (χ4n) is 2.20. The van der Waals surface area contributed by atoms with Crippen LogP contribution in [0.3, 0.4) is 0 Å². The first-order valence-corrected chi connectivity index (χ1v) is 5.59. The maximum atomic E-state index is 13.7. The molecule has 0 aliphatic heterocycles. The molecule has 1 aliphatic carbocycles. The molecule has 0 atom stereocenters. The van der Waals surface area contributed by atoms with Crippen molar-refractivity contribution in [2.45, 2.75) is 44.9 Å². The highest BCUT2D eigenvalue weighted by atomic mass is 19.2. The highest BCUT2D eigenvalue weighted by Crippen LogP contribution is 2.41. The predicted octanol–water partition coefficient (Wildman–Crippen LogP) is 4.36. The third-order valence-corrected chi connectivity index (χ3v) is 3.30. The van der Waals surface area contributed by atoms with E-state index in [4.69, 9.17) is 0 Å². The number of hydrogen-bond donors (Lipinski definition) is 0. The first-order valence-electron chi connectivity index (χ1n) is 5.59. The van der Waals surface area contributed by atoms with Gasteiger partial charge in [0.2, 0.25) is 0 Å². The molecular weight excluding hydrogens is 194 g/mol. The molecule has 1 aliphatic rings. The van der Waals surface area contributed by atoms with Crippen LogP contribution in [0.1, 0.15) is 56.1 Å². The highest BCUT2D eigenvalue weighted by Gasteiger charge is 2.27. The summed E-state index contributed by atoms with van der Waals surface area (Å²) in [5.41, 5.74) is 1.61. The zero-order valence-electron chi connectivity index (χ0n) is 9.19. The molecule has 0 unspecified atom stereocenters. The topological polar surface area (TPSA) is 0 Å². The Morgan fingerprint density at radius 1 is 1.20 bits per heavy atom. The molecule has 0 amide bonds. The first kappa shape index (κ1) is 10.6. The summed E-state index contributed by atoms with van der Waals surface area (Å²) in [7, 11) is 0. The van der Waals surface area contributed by atoms with Gasteiger partial charge in [-0.1, -0.05) is 26.3 Å². The van der Waals surface area contributed by atoms with E-state index < -0.39 is 11.6 Å². The Labute approximate surface area is 89.3 Å². The minimum absolute atomic E-state index is 0.248. The van der Waals surface area contributed by atoms with Crippen LogP contribution in [0.5, 0.6) is 0 Å². The fraction of sp³-hybridized carbons (Fsp3) is 0.538. The zero-order chi connectivity index (χ0) is 11.0. The molecule has 1 aromatic rings. The van der Waals surface area contributed by atoms with E-state index in [1.165, 1.54) is 6.07 Å². The van der Waals surface area contributed by atoms with Crippen molar-refractivity contribution in [1.29, 1.82) is 0 Å². The first-order chi connectivity index (χ1) is 7.11. The zero-order valence-corrected chi connectivity index (χ0v) is 9.19. The van der Waals surface area contributed by atoms with Crippen LogP contribution in [0.15, 0.2) is 12.1 Å². The molecule has 0 heterocycles. The lowest BCUT2D eigenvalue weighted by atomic mass is 9.76. The van der Waals surface area contributed by atoms with Gasteiger partial charge >= 0.3 is 0 Å². The molecule has 0 nitrogen and oxygen atoms in total. The summed E-state index contributed by atoms with van der Waals surface area (Å²) in [5.74, 6) is -0.819. The monoisotopic (exact) mass is 210 g/mol. The summed E-state index contributed by atoms with van der Waals surface area (Å²) in [6.07, 6.45) is 3.14. The van der Waals surface area contributed by atoms with E-state index in [1.807, 2.05) is 13.8 Å². The molecule has 0 bridgehead atoms. The third kappa shape index (κ3) is 1.77. The lowest BCUT2D eigenvalue weighted by Crippen LogP contribution is -2.15. The summed E-state index contributed by atoms with van der Waals surface area (Å²) in [4.78, 5) is 0. The van der Waals surface area contributed by atoms with E-state index in [0.29, 0.717) is 5.56 Å². The molecule has 0 N–H and O–H groups in total. The van der Waals surface area contributed by atoms with Crippen molar-refractivity contribution < 1.29 is 8.78 Å². The second-order valence-corrected chi connectivity index (χ2v) is 4.65. The van der Waals surface area contributed by atoms with Crippen molar-refractivity contribution in [2.75, 3.05) is 0 Å². The summed E-state index contributed by atoms with van der Waals surface area (Å²) >= 11 is 0. The smallest absolute Gasteiger partial charge is 0.162 e. The quantitative estimate of drug-likeness (QED) is 0.680. The van der Waals surface area contributed by atoms with Gasteiger partial charge in [0.05, 0.1) is 0 Å². The second-order valence-electron chi connectivity index (χ2n) is 4.65. The Bertz CT molecular complexity index is 365. The molecule has 15 heavy (non-hydrogen) atoms. The predicted molar refractivity (Wildman–Crippen MR) is 57.0 cm³/mol. The van der Waals surface area contributed by atoms with Gasteiger partial charge in [-0.25, -0.2) is 8.78 Å². The van der Waals surface area contributed by atoms with E-state index in [1.54, 1.807) is 6.07 Å². The standard InChI is InChI=1S/C13H16F2/c1-8(2)10-6-7-11(14)13(15)12(10)9-4-3-5-9/h6-9H,3-5H2,1-2H3. The van der Waals surface area contributed by atoms with Gasteiger partial charge in [0.1, 0.15) is 0 Å². The lowest BCUT2D eigenvalue weighted by molar-refractivity contribution is 0.389. The second kappa shape index (κ2) is 3.92. The van der Waals surface area contributed by atoms with Gasteiger partial charge in [0, 0.05) is 0 Å². The van der Waals surface area contributed by atoms with E-state index in [2.05, 4.69) is 0 Å². The molecule has 1 fully saturated rings. The van der Waals surface area contributed by atoms with Gasteiger partial charge in [-0.05, 0) is 41.9 Å². The molecule has 0 saturated heterocycles. The van der Waals surface area contributed by atoms with Crippen LogP contribution < -0.4 is 0 Å². The fourth-order valence-corrected chi connectivity index (χ4v) is 2.20. The Morgan fingerprint density at radius 3 is 2.33 bits per heavy atom. The van der Waals surface area contributed by atoms with Gasteiger partial charge in [0.25, 0.3) is 0 Å². The molecule has 2 rings (SSSR count). The van der Waals surface area contributed by atoms with Crippen LogP contribution in [0.25, 0.3) is 0 Å². The van der Waals surface area contributed by atoms with Crippen molar-refractivity contribution in [2.24, 2.45) is 0 Å². The van der Waals surface area contributed by atoms with Crippen LogP contribution in [0.2, 0.25) is 0 Å². The highest BCUT2D eigenvalue weighted by molar-refractivity contribution is 5.35. The van der Waals surface area contributed by atoms with Crippen LogP contribution >= 0.6 is 0 Å². The molecule has 0 spiro atoms. The van der Waals surface area contributed by atoms with Crippen LogP contribution in [-0.4, -0.2) is 0 Å². The van der Waals surface area contributed by atoms with Gasteiger partial charge < -0.3 is 0 Å². The molecule has 0 aromatic heterocycles. The molecule has 2 heteroatoms. The van der Waals surface area contributed by atoms with Crippen LogP contribution in [0, 0.1) is 11.6 Å². The van der Waals surface area contributed by atoms with Crippen LogP contribution in [0.4, 0.5) is 8.78 Å². The Kier molecular flexibility index (Phi) is 2.76. The molecular formula is C13H16F2. The minimum atomic E-state index is -0.707. The van der Waals surface area contributed by atoms with Gasteiger partial charge in [-0.2, -0.15) is 0 Å². The number of hydrogen-bond acceptors (Lipinski definition) is 0. The summed E-state index contributed by atoms with van der Waals surface area (Å²) < 4.78 is 26.9. The van der Waals surface area contributed by atoms with Crippen molar-refractivity contribution in [3.63, 3.8) is 0 Å². The van der Waals surface area contributed by atoms with E-state index >= 15 is 0 Å². The lowest BCUT2D eigenvalue weighted by Gasteiger charge is -2.29. The maximum absolute atomic E-state index is 13.7. The Hall–Kier alpha value is -0.920. The molecule has 82 valence electrons. The summed E-state index contributed by atoms with van der Waals surface area (Å²) in [6.45, 7) is 4.05. The molecule has 1 aromatic carbocycles. The normalized spacial score (nSPS) is 16.9. The SMILES string of the molecule is CC(C)c1ccc(F)c(F)c1C1CCC1. The van der Waals surface area contributed by atoms with E-state index in [-0.39, 0.29) is 11.8 Å². The Morgan fingerprint density at radius 2 is 1.87 bits per heavy atom. The summed E-state index contributed by atoms with van der Waals surface area (Å²) in [5, 5.41) is 0. The number of rotatable bonds is 2. The average Bonchev–Trinajstić information content (AvgIpc) is 2.09. The Balaban J connectivity index is 2.49. The molecule has 0 radical (unpaired) electrons. The van der Waals surface area contributed by atoms with Crippen molar-refractivity contribution in [1.82, 2.24) is 0 Å². The minimum Gasteiger partial charge on any atom is -0.204 e.